The van der Waals surface area contributed by atoms with Gasteiger partial charge in [-0.3, -0.25) is 4.79 Å². The summed E-state index contributed by atoms with van der Waals surface area (Å²) in [5.74, 6) is 0.751. The molecule has 5 nitrogen and oxygen atoms in total. The molecule has 0 saturated heterocycles. The molecular weight excluding hydrogens is 368 g/mol. The molecule has 2 aromatic carbocycles. The van der Waals surface area contributed by atoms with E-state index in [1.54, 1.807) is 48.6 Å². The highest BCUT2D eigenvalue weighted by Crippen LogP contribution is 2.28. The summed E-state index contributed by atoms with van der Waals surface area (Å²) in [5, 5.41) is 2.63. The van der Waals surface area contributed by atoms with E-state index in [2.05, 4.69) is 16.6 Å². The van der Waals surface area contributed by atoms with Gasteiger partial charge in [-0.2, -0.15) is 8.78 Å². The zero-order valence-corrected chi connectivity index (χ0v) is 15.4. The van der Waals surface area contributed by atoms with Crippen molar-refractivity contribution >= 4 is 12.0 Å². The summed E-state index contributed by atoms with van der Waals surface area (Å²) in [6.07, 6.45) is 4.58. The van der Waals surface area contributed by atoms with Crippen molar-refractivity contribution in [2.45, 2.75) is 13.2 Å². The number of para-hydroxylation sites is 1. The second kappa shape index (κ2) is 10.7. The second-order valence-electron chi connectivity index (χ2n) is 5.55. The highest BCUT2D eigenvalue weighted by Gasteiger charge is 2.09. The van der Waals surface area contributed by atoms with Crippen LogP contribution in [0.15, 0.2) is 61.2 Å². The zero-order valence-electron chi connectivity index (χ0n) is 15.4. The molecule has 0 bridgehead atoms. The Balaban J connectivity index is 1.98. The van der Waals surface area contributed by atoms with Crippen molar-refractivity contribution in [2.75, 3.05) is 13.7 Å². The Kier molecular flexibility index (Phi) is 8.02. The molecule has 0 aliphatic carbocycles. The van der Waals surface area contributed by atoms with Crippen LogP contribution in [-0.2, 0) is 11.3 Å². The normalized spacial score (nSPS) is 10.7. The number of hydrogen-bond acceptors (Lipinski definition) is 4. The maximum Gasteiger partial charge on any atom is 0.387 e. The summed E-state index contributed by atoms with van der Waals surface area (Å²) in [6, 6.07) is 11.5. The van der Waals surface area contributed by atoms with Gasteiger partial charge in [-0.15, -0.1) is 0 Å². The smallest absolute Gasteiger partial charge is 0.387 e. The first-order valence-electron chi connectivity index (χ1n) is 8.44. The average Bonchev–Trinajstić information content (AvgIpc) is 2.69. The molecule has 1 amide bonds. The number of hydrogen-bond donors (Lipinski definition) is 1. The number of halogens is 2. The summed E-state index contributed by atoms with van der Waals surface area (Å²) in [5.41, 5.74) is 1.19. The van der Waals surface area contributed by atoms with Crippen LogP contribution in [0, 0.1) is 0 Å². The molecule has 2 aromatic rings. The molecule has 0 saturated carbocycles. The van der Waals surface area contributed by atoms with E-state index in [0.29, 0.717) is 23.7 Å². The number of methoxy groups -OCH3 is 1. The molecule has 0 atom stereocenters. The highest BCUT2D eigenvalue weighted by atomic mass is 19.3. The molecule has 0 aliphatic heterocycles. The van der Waals surface area contributed by atoms with Crippen LogP contribution in [0.3, 0.4) is 0 Å². The van der Waals surface area contributed by atoms with Gasteiger partial charge in [0.15, 0.2) is 11.5 Å². The van der Waals surface area contributed by atoms with Gasteiger partial charge in [0, 0.05) is 18.2 Å². The van der Waals surface area contributed by atoms with E-state index in [0.717, 1.165) is 5.56 Å². The molecule has 0 aliphatic rings. The van der Waals surface area contributed by atoms with Gasteiger partial charge in [-0.05, 0) is 29.8 Å². The maximum absolute atomic E-state index is 12.4. The monoisotopic (exact) mass is 389 g/mol. The third-order valence-corrected chi connectivity index (χ3v) is 3.61. The van der Waals surface area contributed by atoms with Crippen LogP contribution in [0.4, 0.5) is 8.78 Å². The largest absolute Gasteiger partial charge is 0.493 e. The molecular formula is C21H21F2NO4. The fraction of sp³-hybridized carbons (Fsp3) is 0.190. The predicted molar refractivity (Wildman–Crippen MR) is 103 cm³/mol. The molecule has 28 heavy (non-hydrogen) atoms. The van der Waals surface area contributed by atoms with Gasteiger partial charge < -0.3 is 19.5 Å². The Bertz CT molecular complexity index is 837. The fourth-order valence-corrected chi connectivity index (χ4v) is 2.33. The molecule has 148 valence electrons. The topological polar surface area (TPSA) is 56.8 Å². The van der Waals surface area contributed by atoms with Gasteiger partial charge in [-0.25, -0.2) is 0 Å². The van der Waals surface area contributed by atoms with E-state index in [1.165, 1.54) is 19.3 Å². The number of nitrogens with one attached hydrogen (secondary N) is 1. The Morgan fingerprint density at radius 2 is 1.96 bits per heavy atom. The summed E-state index contributed by atoms with van der Waals surface area (Å²) in [6.45, 7) is 1.08. The summed E-state index contributed by atoms with van der Waals surface area (Å²) >= 11 is 0. The lowest BCUT2D eigenvalue weighted by atomic mass is 10.1. The van der Waals surface area contributed by atoms with Crippen LogP contribution >= 0.6 is 0 Å². The molecule has 0 unspecified atom stereocenters. The van der Waals surface area contributed by atoms with Gasteiger partial charge in [0.25, 0.3) is 0 Å². The fourth-order valence-electron chi connectivity index (χ4n) is 2.33. The van der Waals surface area contributed by atoms with Crippen LogP contribution in [0.5, 0.6) is 17.2 Å². The van der Waals surface area contributed by atoms with Crippen LogP contribution < -0.4 is 19.5 Å². The molecule has 1 N–H and O–H groups in total. The minimum Gasteiger partial charge on any atom is -0.493 e. The van der Waals surface area contributed by atoms with Crippen molar-refractivity contribution in [3.8, 4) is 17.2 Å². The zero-order chi connectivity index (χ0) is 20.4. The first-order valence-corrected chi connectivity index (χ1v) is 8.44. The van der Waals surface area contributed by atoms with Crippen LogP contribution in [0.25, 0.3) is 6.08 Å². The standard InChI is InChI=1S/C21H21F2NO4/c1-3-12-27-18-10-8-15(13-19(18)26-2)9-11-20(25)24-14-16-6-4-5-7-17(16)28-21(22)23/h3-11,13,21H,1,12,14H2,2H3,(H,24,25)/b11-9+. The van der Waals surface area contributed by atoms with Gasteiger partial charge in [0.05, 0.1) is 7.11 Å². The Morgan fingerprint density at radius 3 is 2.68 bits per heavy atom. The highest BCUT2D eigenvalue weighted by molar-refractivity contribution is 5.91. The molecule has 0 heterocycles. The van der Waals surface area contributed by atoms with Crippen molar-refractivity contribution < 1.29 is 27.8 Å². The molecule has 0 aromatic heterocycles. The summed E-state index contributed by atoms with van der Waals surface area (Å²) < 4.78 is 40.0. The first-order chi connectivity index (χ1) is 13.5. The number of carbonyl (C=O) groups is 1. The Labute approximate surface area is 162 Å². The van der Waals surface area contributed by atoms with E-state index in [9.17, 15) is 13.6 Å². The molecule has 0 radical (unpaired) electrons. The number of benzene rings is 2. The minimum atomic E-state index is -2.93. The van der Waals surface area contributed by atoms with Gasteiger partial charge in [0.2, 0.25) is 5.91 Å². The van der Waals surface area contributed by atoms with Crippen molar-refractivity contribution in [1.29, 1.82) is 0 Å². The third-order valence-electron chi connectivity index (χ3n) is 3.61. The van der Waals surface area contributed by atoms with Crippen molar-refractivity contribution in [3.63, 3.8) is 0 Å². The maximum atomic E-state index is 12.4. The third kappa shape index (κ3) is 6.42. The molecule has 0 fully saturated rings. The summed E-state index contributed by atoms with van der Waals surface area (Å²) in [4.78, 5) is 12.0. The van der Waals surface area contributed by atoms with Gasteiger partial charge in [0.1, 0.15) is 12.4 Å². The number of alkyl halides is 2. The second-order valence-corrected chi connectivity index (χ2v) is 5.55. The SMILES string of the molecule is C=CCOc1ccc(/C=C/C(=O)NCc2ccccc2OC(F)F)cc1OC. The lowest BCUT2D eigenvalue weighted by molar-refractivity contribution is -0.116. The van der Waals surface area contributed by atoms with E-state index >= 15 is 0 Å². The summed E-state index contributed by atoms with van der Waals surface area (Å²) in [7, 11) is 1.52. The molecule has 0 spiro atoms. The number of rotatable bonds is 10. The van der Waals surface area contributed by atoms with E-state index in [1.807, 2.05) is 0 Å². The van der Waals surface area contributed by atoms with E-state index in [4.69, 9.17) is 9.47 Å². The predicted octanol–water partition coefficient (Wildman–Crippen LogP) is 4.19. The Morgan fingerprint density at radius 1 is 1.18 bits per heavy atom. The quantitative estimate of drug-likeness (QED) is 0.489. The number of ether oxygens (including phenoxy) is 3. The van der Waals surface area contributed by atoms with Crippen LogP contribution in [-0.4, -0.2) is 26.2 Å². The van der Waals surface area contributed by atoms with Gasteiger partial charge in [-0.1, -0.05) is 36.9 Å². The Hall–Kier alpha value is -3.35. The van der Waals surface area contributed by atoms with Crippen molar-refractivity contribution in [1.82, 2.24) is 5.32 Å². The van der Waals surface area contributed by atoms with E-state index in [-0.39, 0.29) is 18.2 Å². The van der Waals surface area contributed by atoms with Crippen molar-refractivity contribution in [2.24, 2.45) is 0 Å². The van der Waals surface area contributed by atoms with Crippen LogP contribution in [0.2, 0.25) is 0 Å². The molecule has 7 heteroatoms. The van der Waals surface area contributed by atoms with Crippen molar-refractivity contribution in [3.05, 3.63) is 72.3 Å². The number of carbonyl (C=O) groups excluding carboxylic acids is 1. The minimum absolute atomic E-state index is 0.0293. The first kappa shape index (κ1) is 21.0. The average molecular weight is 389 g/mol. The van der Waals surface area contributed by atoms with E-state index < -0.39 is 6.61 Å². The van der Waals surface area contributed by atoms with Gasteiger partial charge >= 0.3 is 6.61 Å². The lowest BCUT2D eigenvalue weighted by Crippen LogP contribution is -2.21. The molecule has 2 rings (SSSR count). The van der Waals surface area contributed by atoms with Crippen LogP contribution in [0.1, 0.15) is 11.1 Å². The number of amides is 1. The lowest BCUT2D eigenvalue weighted by Gasteiger charge is -2.11.